The number of anilines is 2. The molecule has 0 amide bonds. The van der Waals surface area contributed by atoms with Crippen LogP contribution in [0.25, 0.3) is 85.5 Å². The van der Waals surface area contributed by atoms with Crippen molar-refractivity contribution in [1.29, 1.82) is 0 Å². The molecule has 224 valence electrons. The maximum absolute atomic E-state index is 7.02. The van der Waals surface area contributed by atoms with Gasteiger partial charge in [0, 0.05) is 53.8 Å². The van der Waals surface area contributed by atoms with Crippen molar-refractivity contribution in [2.24, 2.45) is 0 Å². The predicted molar refractivity (Wildman–Crippen MR) is 202 cm³/mol. The summed E-state index contributed by atoms with van der Waals surface area (Å²) in [6.45, 7) is 0. The number of benzene rings is 5. The second kappa shape index (κ2) is 10.0. The third kappa shape index (κ3) is 3.76. The molecule has 5 heterocycles. The van der Waals surface area contributed by atoms with Crippen LogP contribution in [0.4, 0.5) is 11.4 Å². The molecule has 0 spiro atoms. The summed E-state index contributed by atoms with van der Waals surface area (Å²) in [7, 11) is 0. The highest BCUT2D eigenvalue weighted by Crippen LogP contribution is 2.51. The fraction of sp³-hybridized carbons (Fsp3) is 0. The normalized spacial score (nSPS) is 12.0. The Morgan fingerprint density at radius 2 is 0.872 bits per heavy atom. The van der Waals surface area contributed by atoms with E-state index < -0.39 is 0 Å². The quantitative estimate of drug-likeness (QED) is 0.184. The molecular formula is C38H24N6S3. The highest BCUT2D eigenvalue weighted by atomic mass is 32.1. The van der Waals surface area contributed by atoms with Crippen LogP contribution in [0.15, 0.2) is 121 Å². The van der Waals surface area contributed by atoms with Crippen LogP contribution in [0.1, 0.15) is 0 Å². The second-order valence-corrected chi connectivity index (χ2v) is 14.2. The third-order valence-corrected chi connectivity index (χ3v) is 11.8. The van der Waals surface area contributed by atoms with E-state index in [0.717, 1.165) is 53.0 Å². The molecule has 0 aliphatic rings. The molecule has 10 aromatic rings. The van der Waals surface area contributed by atoms with Crippen molar-refractivity contribution in [3.63, 3.8) is 0 Å². The van der Waals surface area contributed by atoms with Crippen LogP contribution in [0.3, 0.4) is 0 Å². The van der Waals surface area contributed by atoms with Crippen LogP contribution in [-0.4, -0.2) is 17.9 Å². The summed E-state index contributed by atoms with van der Waals surface area (Å²) in [6.07, 6.45) is 0. The topological polar surface area (TPSA) is 87.7 Å². The summed E-state index contributed by atoms with van der Waals surface area (Å²) in [5.74, 6) is 0. The van der Waals surface area contributed by atoms with Gasteiger partial charge in [0.1, 0.15) is 20.7 Å². The van der Waals surface area contributed by atoms with E-state index in [1.165, 1.54) is 44.3 Å². The number of rotatable bonds is 4. The molecule has 9 heteroatoms. The van der Waals surface area contributed by atoms with Crippen molar-refractivity contribution in [2.45, 2.75) is 0 Å². The van der Waals surface area contributed by atoms with Gasteiger partial charge >= 0.3 is 0 Å². The van der Waals surface area contributed by atoms with Gasteiger partial charge in [-0.3, -0.25) is 0 Å². The molecule has 0 bridgehead atoms. The van der Waals surface area contributed by atoms with E-state index in [9.17, 15) is 0 Å². The molecule has 0 fully saturated rings. The van der Waals surface area contributed by atoms with E-state index in [0.29, 0.717) is 11.4 Å². The van der Waals surface area contributed by atoms with Crippen molar-refractivity contribution in [2.75, 3.05) is 11.5 Å². The van der Waals surface area contributed by atoms with Crippen molar-refractivity contribution < 1.29 is 0 Å². The number of hydrogen-bond donors (Lipinski definition) is 2. The van der Waals surface area contributed by atoms with Gasteiger partial charge in [-0.1, -0.05) is 72.8 Å². The number of nitrogens with two attached hydrogens (primary N) is 2. The Bertz CT molecular complexity index is 2630. The summed E-state index contributed by atoms with van der Waals surface area (Å²) in [5, 5.41) is 4.75. The minimum absolute atomic E-state index is 0.536. The summed E-state index contributed by atoms with van der Waals surface area (Å²) in [6, 6.07) is 42.5. The summed E-state index contributed by atoms with van der Waals surface area (Å²) >= 11 is 4.62. The minimum atomic E-state index is 0.536. The molecule has 0 saturated heterocycles. The largest absolute Gasteiger partial charge is 0.396 e. The number of nitrogen functional groups attached to an aromatic ring is 2. The smallest absolute Gasteiger partial charge is 0.116 e. The first-order chi connectivity index (χ1) is 23.2. The van der Waals surface area contributed by atoms with Gasteiger partial charge in [-0.05, 0) is 48.5 Å². The molecule has 5 aromatic carbocycles. The first kappa shape index (κ1) is 26.7. The monoisotopic (exact) mass is 660 g/mol. The Morgan fingerprint density at radius 1 is 0.468 bits per heavy atom. The van der Waals surface area contributed by atoms with Crippen LogP contribution in [0.5, 0.6) is 0 Å². The van der Waals surface area contributed by atoms with E-state index in [4.69, 9.17) is 20.2 Å². The van der Waals surface area contributed by atoms with E-state index in [1.54, 1.807) is 22.7 Å². The van der Waals surface area contributed by atoms with Crippen LogP contribution < -0.4 is 11.5 Å². The van der Waals surface area contributed by atoms with E-state index in [2.05, 4.69) is 118 Å². The van der Waals surface area contributed by atoms with Gasteiger partial charge in [-0.15, -0.1) is 22.7 Å². The zero-order chi connectivity index (χ0) is 31.2. The van der Waals surface area contributed by atoms with Crippen LogP contribution in [0, 0.1) is 0 Å². The van der Waals surface area contributed by atoms with Gasteiger partial charge in [-0.25, -0.2) is 0 Å². The SMILES string of the molecule is Nc1c(N)c(-c2cc3c4ccccc4n(-c4ccccc4)c3s2)c2nsnc2c1-c1cc2c3ccccc3n(-c3ccccc3)c2s1. The molecule has 5 aromatic heterocycles. The Labute approximate surface area is 280 Å². The molecule has 0 aliphatic heterocycles. The lowest BCUT2D eigenvalue weighted by Gasteiger charge is -2.13. The van der Waals surface area contributed by atoms with Crippen molar-refractivity contribution in [1.82, 2.24) is 17.9 Å². The Hall–Kier alpha value is -5.48. The highest BCUT2D eigenvalue weighted by molar-refractivity contribution is 7.23. The van der Waals surface area contributed by atoms with E-state index in [-0.39, 0.29) is 0 Å². The third-order valence-electron chi connectivity index (χ3n) is 9.01. The molecule has 0 saturated carbocycles. The Balaban J connectivity index is 1.21. The average Bonchev–Trinajstić information content (AvgIpc) is 3.93. The van der Waals surface area contributed by atoms with Crippen molar-refractivity contribution in [3.05, 3.63) is 121 Å². The van der Waals surface area contributed by atoms with Gasteiger partial charge in [0.05, 0.1) is 34.1 Å². The number of nitrogens with zero attached hydrogens (tertiary/aromatic N) is 4. The Morgan fingerprint density at radius 3 is 1.32 bits per heavy atom. The van der Waals surface area contributed by atoms with Crippen LogP contribution in [-0.2, 0) is 0 Å². The molecule has 6 nitrogen and oxygen atoms in total. The van der Waals surface area contributed by atoms with E-state index in [1.807, 2.05) is 12.1 Å². The van der Waals surface area contributed by atoms with Crippen molar-refractivity contribution >= 4 is 99.0 Å². The lowest BCUT2D eigenvalue weighted by molar-refractivity contribution is 1.19. The standard InChI is InChI=1S/C38H24N6S3/c39-33-31(29-19-25-23-15-7-9-17-27(23)43(37(25)45-29)21-11-3-1-4-12-21)35-36(42-47-41-35)32(34(33)40)30-20-26-24-16-8-10-18-28(24)44(38(26)46-30)22-13-5-2-6-14-22/h1-20H,39-40H2. The molecule has 4 N–H and O–H groups in total. The fourth-order valence-corrected chi connectivity index (χ4v) is 10.0. The predicted octanol–water partition coefficient (Wildman–Crippen LogP) is 10.5. The molecule has 0 atom stereocenters. The summed E-state index contributed by atoms with van der Waals surface area (Å²) < 4.78 is 14.3. The number of para-hydroxylation sites is 4. The number of hydrogen-bond acceptors (Lipinski definition) is 7. The maximum atomic E-state index is 7.02. The number of thiophene rings is 2. The maximum Gasteiger partial charge on any atom is 0.116 e. The fourth-order valence-electron chi connectivity index (χ4n) is 6.95. The van der Waals surface area contributed by atoms with Gasteiger partial charge in [0.15, 0.2) is 0 Å². The van der Waals surface area contributed by atoms with Crippen LogP contribution >= 0.6 is 34.4 Å². The summed E-state index contributed by atoms with van der Waals surface area (Å²) in [5.41, 5.74) is 23.0. The first-order valence-electron chi connectivity index (χ1n) is 15.2. The lowest BCUT2D eigenvalue weighted by Crippen LogP contribution is -2.01. The molecule has 0 aliphatic carbocycles. The highest BCUT2D eigenvalue weighted by Gasteiger charge is 2.26. The average molecular weight is 661 g/mol. The molecule has 0 radical (unpaired) electrons. The molecule has 47 heavy (non-hydrogen) atoms. The molecular weight excluding hydrogens is 637 g/mol. The second-order valence-electron chi connectivity index (χ2n) is 11.6. The van der Waals surface area contributed by atoms with Crippen LogP contribution in [0.2, 0.25) is 0 Å². The number of fused-ring (bicyclic) bond motifs is 7. The van der Waals surface area contributed by atoms with Gasteiger partial charge in [-0.2, -0.15) is 8.75 Å². The zero-order valence-electron chi connectivity index (χ0n) is 24.7. The lowest BCUT2D eigenvalue weighted by atomic mass is 10.0. The van der Waals surface area contributed by atoms with E-state index >= 15 is 0 Å². The minimum Gasteiger partial charge on any atom is -0.396 e. The molecule has 10 rings (SSSR count). The van der Waals surface area contributed by atoms with Gasteiger partial charge < -0.3 is 20.6 Å². The molecule has 0 unspecified atom stereocenters. The summed E-state index contributed by atoms with van der Waals surface area (Å²) in [4.78, 5) is 4.36. The zero-order valence-corrected chi connectivity index (χ0v) is 27.2. The van der Waals surface area contributed by atoms with Gasteiger partial charge in [0.25, 0.3) is 0 Å². The van der Waals surface area contributed by atoms with Crippen molar-refractivity contribution in [3.8, 4) is 32.3 Å². The Kier molecular flexibility index (Phi) is 5.69. The van der Waals surface area contributed by atoms with Gasteiger partial charge in [0.2, 0.25) is 0 Å². The number of aromatic nitrogens is 4. The first-order valence-corrected chi connectivity index (χ1v) is 17.5.